The van der Waals surface area contributed by atoms with Crippen LogP contribution in [0.2, 0.25) is 0 Å². The number of aryl methyl sites for hydroxylation is 3. The Morgan fingerprint density at radius 2 is 2.06 bits per heavy atom. The molecule has 5 rings (SSSR count). The molecule has 5 aromatic rings. The molecule has 0 saturated heterocycles. The number of aromatic amines is 1. The average molecular weight is 445 g/mol. The van der Waals surface area contributed by atoms with E-state index in [1.165, 1.54) is 23.3 Å². The molecule has 0 amide bonds. The van der Waals surface area contributed by atoms with Gasteiger partial charge in [0.2, 0.25) is 5.89 Å². The van der Waals surface area contributed by atoms with Crippen molar-refractivity contribution in [2.24, 2.45) is 0 Å². The zero-order chi connectivity index (χ0) is 22.6. The standard InChI is InChI=1S/C25H25FN6O/c1-17-12-21(8-6-18(17)4-2-3-10-32-11-9-28-31-32)27-15-22-16-33-25(29-22)24-13-19-5-7-20(26)14-23(19)30-24/h5-9,11-14,16,27,30H,2-4,10,15H2,1H3. The number of hydrogen-bond donors (Lipinski definition) is 2. The van der Waals surface area contributed by atoms with Gasteiger partial charge in [-0.3, -0.25) is 4.68 Å². The van der Waals surface area contributed by atoms with E-state index >= 15 is 0 Å². The van der Waals surface area contributed by atoms with Crippen molar-refractivity contribution < 1.29 is 8.81 Å². The summed E-state index contributed by atoms with van der Waals surface area (Å²) in [5, 5.41) is 12.2. The number of nitrogens with one attached hydrogen (secondary N) is 2. The number of oxazole rings is 1. The number of rotatable bonds is 9. The molecule has 2 aromatic carbocycles. The molecule has 0 atom stereocenters. The Morgan fingerprint density at radius 1 is 1.12 bits per heavy atom. The topological polar surface area (TPSA) is 84.6 Å². The Balaban J connectivity index is 1.16. The maximum atomic E-state index is 13.4. The van der Waals surface area contributed by atoms with E-state index in [1.807, 2.05) is 16.9 Å². The van der Waals surface area contributed by atoms with Gasteiger partial charge in [0.05, 0.1) is 18.4 Å². The Morgan fingerprint density at radius 3 is 2.91 bits per heavy atom. The molecule has 0 unspecified atom stereocenters. The third-order valence-electron chi connectivity index (χ3n) is 5.74. The summed E-state index contributed by atoms with van der Waals surface area (Å²) in [6, 6.07) is 13.0. The quantitative estimate of drug-likeness (QED) is 0.293. The molecule has 0 aliphatic rings. The number of halogens is 1. The number of nitrogens with zero attached hydrogens (tertiary/aromatic N) is 4. The fraction of sp³-hybridized carbons (Fsp3) is 0.240. The maximum Gasteiger partial charge on any atom is 0.243 e. The van der Waals surface area contributed by atoms with Gasteiger partial charge in [0.25, 0.3) is 0 Å². The number of fused-ring (bicyclic) bond motifs is 1. The van der Waals surface area contributed by atoms with Gasteiger partial charge in [-0.25, -0.2) is 9.37 Å². The van der Waals surface area contributed by atoms with E-state index in [0.29, 0.717) is 12.4 Å². The van der Waals surface area contributed by atoms with Gasteiger partial charge in [0, 0.05) is 29.3 Å². The van der Waals surface area contributed by atoms with Crippen LogP contribution in [0.3, 0.4) is 0 Å². The van der Waals surface area contributed by atoms with Crippen LogP contribution in [0.25, 0.3) is 22.5 Å². The third kappa shape index (κ3) is 4.95. The van der Waals surface area contributed by atoms with Crippen molar-refractivity contribution in [3.05, 3.63) is 83.8 Å². The minimum atomic E-state index is -0.277. The molecule has 0 radical (unpaired) electrons. The van der Waals surface area contributed by atoms with Crippen LogP contribution in [0.4, 0.5) is 10.1 Å². The van der Waals surface area contributed by atoms with E-state index in [9.17, 15) is 4.39 Å². The van der Waals surface area contributed by atoms with Gasteiger partial charge in [-0.15, -0.1) is 5.10 Å². The summed E-state index contributed by atoms with van der Waals surface area (Å²) >= 11 is 0. The first kappa shape index (κ1) is 20.9. The Bertz CT molecular complexity index is 1350. The molecule has 168 valence electrons. The summed E-state index contributed by atoms with van der Waals surface area (Å²) in [6.45, 7) is 3.59. The molecule has 0 saturated carbocycles. The number of benzene rings is 2. The smallest absolute Gasteiger partial charge is 0.243 e. The first-order valence-corrected chi connectivity index (χ1v) is 11.0. The molecule has 0 fully saturated rings. The summed E-state index contributed by atoms with van der Waals surface area (Å²) in [7, 11) is 0. The van der Waals surface area contributed by atoms with Gasteiger partial charge >= 0.3 is 0 Å². The molecule has 0 aliphatic carbocycles. The monoisotopic (exact) mass is 444 g/mol. The largest absolute Gasteiger partial charge is 0.443 e. The van der Waals surface area contributed by atoms with Crippen molar-refractivity contribution in [3.8, 4) is 11.6 Å². The van der Waals surface area contributed by atoms with Crippen molar-refractivity contribution >= 4 is 16.6 Å². The highest BCUT2D eigenvalue weighted by atomic mass is 19.1. The first-order valence-electron chi connectivity index (χ1n) is 11.0. The normalized spacial score (nSPS) is 11.3. The van der Waals surface area contributed by atoms with Gasteiger partial charge in [0.1, 0.15) is 17.8 Å². The van der Waals surface area contributed by atoms with Crippen LogP contribution in [-0.4, -0.2) is 25.0 Å². The molecule has 3 aromatic heterocycles. The van der Waals surface area contributed by atoms with Crippen molar-refractivity contribution in [2.45, 2.75) is 39.3 Å². The summed E-state index contributed by atoms with van der Waals surface area (Å²) in [5.41, 5.74) is 5.92. The second kappa shape index (κ2) is 9.28. The second-order valence-electron chi connectivity index (χ2n) is 8.18. The van der Waals surface area contributed by atoms with Crippen molar-refractivity contribution in [3.63, 3.8) is 0 Å². The molecule has 8 heteroatoms. The predicted octanol–water partition coefficient (Wildman–Crippen LogP) is 5.50. The molecular weight excluding hydrogens is 419 g/mol. The number of unbranched alkanes of at least 4 members (excludes halogenated alkanes) is 1. The number of anilines is 1. The Labute approximate surface area is 190 Å². The fourth-order valence-corrected chi connectivity index (χ4v) is 3.95. The van der Waals surface area contributed by atoms with Gasteiger partial charge < -0.3 is 14.7 Å². The van der Waals surface area contributed by atoms with E-state index in [-0.39, 0.29) is 5.82 Å². The van der Waals surface area contributed by atoms with Crippen LogP contribution in [0, 0.1) is 12.7 Å². The molecule has 33 heavy (non-hydrogen) atoms. The summed E-state index contributed by atoms with van der Waals surface area (Å²) in [5.74, 6) is 0.210. The molecule has 2 N–H and O–H groups in total. The summed E-state index contributed by atoms with van der Waals surface area (Å²) in [4.78, 5) is 7.72. The van der Waals surface area contributed by atoms with Gasteiger partial charge in [-0.1, -0.05) is 11.3 Å². The van der Waals surface area contributed by atoms with Crippen molar-refractivity contribution in [1.29, 1.82) is 0 Å². The van der Waals surface area contributed by atoms with E-state index < -0.39 is 0 Å². The highest BCUT2D eigenvalue weighted by molar-refractivity contribution is 5.84. The third-order valence-corrected chi connectivity index (χ3v) is 5.74. The minimum Gasteiger partial charge on any atom is -0.443 e. The number of H-pyrrole nitrogens is 1. The lowest BCUT2D eigenvalue weighted by molar-refractivity contribution is 0.541. The Kier molecular flexibility index (Phi) is 5.89. The summed E-state index contributed by atoms with van der Waals surface area (Å²) in [6.07, 6.45) is 8.47. The molecule has 0 spiro atoms. The van der Waals surface area contributed by atoms with Gasteiger partial charge in [-0.2, -0.15) is 0 Å². The highest BCUT2D eigenvalue weighted by Crippen LogP contribution is 2.25. The van der Waals surface area contributed by atoms with E-state index in [0.717, 1.165) is 53.8 Å². The van der Waals surface area contributed by atoms with Gasteiger partial charge in [-0.05, 0) is 73.7 Å². The maximum absolute atomic E-state index is 13.4. The fourth-order valence-electron chi connectivity index (χ4n) is 3.95. The van der Waals surface area contributed by atoms with E-state index in [1.54, 1.807) is 18.5 Å². The van der Waals surface area contributed by atoms with Crippen LogP contribution < -0.4 is 5.32 Å². The molecule has 0 bridgehead atoms. The Hall–Kier alpha value is -3.94. The van der Waals surface area contributed by atoms with E-state index in [4.69, 9.17) is 4.42 Å². The summed E-state index contributed by atoms with van der Waals surface area (Å²) < 4.78 is 20.9. The SMILES string of the molecule is Cc1cc(NCc2coc(-c3cc4ccc(F)cc4[nH]3)n2)ccc1CCCCn1ccnn1. The lowest BCUT2D eigenvalue weighted by atomic mass is 10.0. The van der Waals surface area contributed by atoms with Crippen LogP contribution in [0.15, 0.2) is 65.5 Å². The van der Waals surface area contributed by atoms with Gasteiger partial charge in [0.15, 0.2) is 0 Å². The van der Waals surface area contributed by atoms with Crippen LogP contribution in [-0.2, 0) is 19.5 Å². The number of hydrogen-bond acceptors (Lipinski definition) is 5. The minimum absolute atomic E-state index is 0.277. The average Bonchev–Trinajstić information content (AvgIpc) is 3.56. The van der Waals surface area contributed by atoms with Crippen LogP contribution in [0.1, 0.15) is 29.7 Å². The van der Waals surface area contributed by atoms with Crippen molar-refractivity contribution in [1.82, 2.24) is 25.0 Å². The van der Waals surface area contributed by atoms with Crippen LogP contribution in [0.5, 0.6) is 0 Å². The zero-order valence-electron chi connectivity index (χ0n) is 18.4. The lowest BCUT2D eigenvalue weighted by Crippen LogP contribution is -2.02. The highest BCUT2D eigenvalue weighted by Gasteiger charge is 2.11. The first-order chi connectivity index (χ1) is 16.1. The molecular formula is C25H25FN6O. The predicted molar refractivity (Wildman–Crippen MR) is 125 cm³/mol. The number of aromatic nitrogens is 5. The second-order valence-corrected chi connectivity index (χ2v) is 8.18. The molecule has 3 heterocycles. The van der Waals surface area contributed by atoms with Crippen LogP contribution >= 0.6 is 0 Å². The van der Waals surface area contributed by atoms with E-state index in [2.05, 4.69) is 50.7 Å². The zero-order valence-corrected chi connectivity index (χ0v) is 18.4. The molecule has 0 aliphatic heterocycles. The molecule has 7 nitrogen and oxygen atoms in total. The van der Waals surface area contributed by atoms with Crippen molar-refractivity contribution in [2.75, 3.05) is 5.32 Å². The lowest BCUT2D eigenvalue weighted by Gasteiger charge is -2.10.